The van der Waals surface area contributed by atoms with Crippen LogP contribution in [0.3, 0.4) is 0 Å². The first-order valence-corrected chi connectivity index (χ1v) is 8.14. The van der Waals surface area contributed by atoms with Crippen molar-refractivity contribution in [2.24, 2.45) is 5.92 Å². The van der Waals surface area contributed by atoms with E-state index in [9.17, 15) is 0 Å². The number of hydrogen-bond acceptors (Lipinski definition) is 1. The van der Waals surface area contributed by atoms with Crippen LogP contribution in [0.25, 0.3) is 11.1 Å². The lowest BCUT2D eigenvalue weighted by molar-refractivity contribution is 0.449. The number of rotatable bonds is 4. The molecule has 1 fully saturated rings. The van der Waals surface area contributed by atoms with Crippen LogP contribution in [0.1, 0.15) is 44.7 Å². The quantitative estimate of drug-likeness (QED) is 0.811. The van der Waals surface area contributed by atoms with E-state index < -0.39 is 0 Å². The predicted octanol–water partition coefficient (Wildman–Crippen LogP) is 5.19. The third kappa shape index (κ3) is 3.54. The Hall–Kier alpha value is -1.60. The Labute approximate surface area is 128 Å². The summed E-state index contributed by atoms with van der Waals surface area (Å²) in [4.78, 5) is 0. The number of benzene rings is 2. The topological polar surface area (TPSA) is 12.0 Å². The molecular formula is C20H25N. The average molecular weight is 279 g/mol. The minimum absolute atomic E-state index is 0.435. The molecule has 1 aliphatic rings. The van der Waals surface area contributed by atoms with E-state index in [2.05, 4.69) is 73.8 Å². The van der Waals surface area contributed by atoms with Crippen molar-refractivity contribution in [3.05, 3.63) is 60.2 Å². The molecule has 0 amide bonds. The second kappa shape index (κ2) is 6.44. The van der Waals surface area contributed by atoms with Gasteiger partial charge in [-0.1, -0.05) is 61.5 Å². The summed E-state index contributed by atoms with van der Waals surface area (Å²) in [7, 11) is 0. The van der Waals surface area contributed by atoms with Gasteiger partial charge >= 0.3 is 0 Å². The number of hydrogen-bond donors (Lipinski definition) is 1. The average Bonchev–Trinajstić information content (AvgIpc) is 2.93. The van der Waals surface area contributed by atoms with Gasteiger partial charge in [-0.05, 0) is 48.8 Å². The van der Waals surface area contributed by atoms with Crippen molar-refractivity contribution in [3.63, 3.8) is 0 Å². The van der Waals surface area contributed by atoms with Crippen LogP contribution < -0.4 is 5.32 Å². The van der Waals surface area contributed by atoms with E-state index in [-0.39, 0.29) is 0 Å². The monoisotopic (exact) mass is 279 g/mol. The van der Waals surface area contributed by atoms with Crippen molar-refractivity contribution < 1.29 is 0 Å². The SMILES string of the molecule is CC1CCC(NC(C)c2ccc(-c3ccccc3)cc2)C1. The van der Waals surface area contributed by atoms with Gasteiger partial charge in [0.25, 0.3) is 0 Å². The summed E-state index contributed by atoms with van der Waals surface area (Å²) < 4.78 is 0. The molecule has 1 saturated carbocycles. The fourth-order valence-corrected chi connectivity index (χ4v) is 3.40. The molecule has 3 unspecified atom stereocenters. The van der Waals surface area contributed by atoms with Gasteiger partial charge in [0.2, 0.25) is 0 Å². The molecule has 0 aromatic heterocycles. The van der Waals surface area contributed by atoms with Crippen molar-refractivity contribution in [1.29, 1.82) is 0 Å². The molecule has 0 bridgehead atoms. The zero-order chi connectivity index (χ0) is 14.7. The lowest BCUT2D eigenvalue weighted by atomic mass is 10.0. The van der Waals surface area contributed by atoms with Gasteiger partial charge in [-0.3, -0.25) is 0 Å². The molecule has 0 spiro atoms. The Morgan fingerprint density at radius 3 is 2.19 bits per heavy atom. The smallest absolute Gasteiger partial charge is 0.0294 e. The first-order valence-electron chi connectivity index (χ1n) is 8.14. The fourth-order valence-electron chi connectivity index (χ4n) is 3.40. The Balaban J connectivity index is 1.66. The Bertz CT molecular complexity index is 558. The van der Waals surface area contributed by atoms with Gasteiger partial charge in [0.05, 0.1) is 0 Å². The van der Waals surface area contributed by atoms with E-state index in [1.54, 1.807) is 0 Å². The Morgan fingerprint density at radius 1 is 0.905 bits per heavy atom. The Morgan fingerprint density at radius 2 is 1.57 bits per heavy atom. The standard InChI is InChI=1S/C20H25N/c1-15-8-13-20(14-15)21-16(2)17-9-11-19(12-10-17)18-6-4-3-5-7-18/h3-7,9-12,15-16,20-21H,8,13-14H2,1-2H3. The minimum atomic E-state index is 0.435. The largest absolute Gasteiger partial charge is 0.307 e. The first-order chi connectivity index (χ1) is 10.2. The van der Waals surface area contributed by atoms with Gasteiger partial charge in [-0.2, -0.15) is 0 Å². The van der Waals surface area contributed by atoms with Crippen LogP contribution in [0.15, 0.2) is 54.6 Å². The molecule has 2 aromatic rings. The van der Waals surface area contributed by atoms with Gasteiger partial charge in [0.15, 0.2) is 0 Å². The van der Waals surface area contributed by atoms with Gasteiger partial charge in [0, 0.05) is 12.1 Å². The van der Waals surface area contributed by atoms with Crippen LogP contribution in [0.5, 0.6) is 0 Å². The van der Waals surface area contributed by atoms with Crippen molar-refractivity contribution in [2.75, 3.05) is 0 Å². The molecule has 2 aromatic carbocycles. The van der Waals surface area contributed by atoms with E-state index in [1.165, 1.54) is 36.0 Å². The highest BCUT2D eigenvalue weighted by molar-refractivity contribution is 5.63. The highest BCUT2D eigenvalue weighted by Gasteiger charge is 2.22. The van der Waals surface area contributed by atoms with Crippen LogP contribution >= 0.6 is 0 Å². The molecule has 3 rings (SSSR count). The molecule has 110 valence electrons. The van der Waals surface area contributed by atoms with Crippen LogP contribution in [0.2, 0.25) is 0 Å². The molecule has 0 saturated heterocycles. The maximum absolute atomic E-state index is 3.78. The second-order valence-corrected chi connectivity index (χ2v) is 6.49. The summed E-state index contributed by atoms with van der Waals surface area (Å²) in [6.45, 7) is 4.64. The predicted molar refractivity (Wildman–Crippen MR) is 90.2 cm³/mol. The van der Waals surface area contributed by atoms with E-state index >= 15 is 0 Å². The molecule has 0 radical (unpaired) electrons. The van der Waals surface area contributed by atoms with Crippen LogP contribution in [0.4, 0.5) is 0 Å². The molecule has 1 heteroatoms. The van der Waals surface area contributed by atoms with Crippen LogP contribution in [0, 0.1) is 5.92 Å². The van der Waals surface area contributed by atoms with Gasteiger partial charge in [0.1, 0.15) is 0 Å². The lowest BCUT2D eigenvalue weighted by Gasteiger charge is -2.20. The third-order valence-corrected chi connectivity index (χ3v) is 4.70. The molecule has 1 N–H and O–H groups in total. The van der Waals surface area contributed by atoms with E-state index in [1.807, 2.05) is 0 Å². The number of nitrogens with one attached hydrogen (secondary N) is 1. The van der Waals surface area contributed by atoms with Gasteiger partial charge < -0.3 is 5.32 Å². The molecule has 0 heterocycles. The highest BCUT2D eigenvalue weighted by Crippen LogP contribution is 2.27. The van der Waals surface area contributed by atoms with E-state index in [0.717, 1.165) is 5.92 Å². The first kappa shape index (κ1) is 14.3. The minimum Gasteiger partial charge on any atom is -0.307 e. The van der Waals surface area contributed by atoms with Crippen LogP contribution in [-0.2, 0) is 0 Å². The summed E-state index contributed by atoms with van der Waals surface area (Å²) in [5.41, 5.74) is 3.96. The molecule has 0 aliphatic heterocycles. The molecular weight excluding hydrogens is 254 g/mol. The fraction of sp³-hybridized carbons (Fsp3) is 0.400. The maximum atomic E-state index is 3.78. The zero-order valence-corrected chi connectivity index (χ0v) is 13.0. The van der Waals surface area contributed by atoms with E-state index in [0.29, 0.717) is 12.1 Å². The summed E-state index contributed by atoms with van der Waals surface area (Å²) >= 11 is 0. The van der Waals surface area contributed by atoms with Gasteiger partial charge in [-0.25, -0.2) is 0 Å². The van der Waals surface area contributed by atoms with Gasteiger partial charge in [-0.15, -0.1) is 0 Å². The lowest BCUT2D eigenvalue weighted by Crippen LogP contribution is -2.29. The van der Waals surface area contributed by atoms with Crippen molar-refractivity contribution in [2.45, 2.75) is 45.2 Å². The third-order valence-electron chi connectivity index (χ3n) is 4.70. The summed E-state index contributed by atoms with van der Waals surface area (Å²) in [6.07, 6.45) is 4.03. The normalized spacial score (nSPS) is 23.1. The molecule has 1 aliphatic carbocycles. The summed E-state index contributed by atoms with van der Waals surface area (Å²) in [5.74, 6) is 0.884. The van der Waals surface area contributed by atoms with E-state index in [4.69, 9.17) is 0 Å². The maximum Gasteiger partial charge on any atom is 0.0294 e. The molecule has 3 atom stereocenters. The van der Waals surface area contributed by atoms with Crippen molar-refractivity contribution in [3.8, 4) is 11.1 Å². The van der Waals surface area contributed by atoms with Crippen molar-refractivity contribution in [1.82, 2.24) is 5.32 Å². The Kier molecular flexibility index (Phi) is 4.40. The summed E-state index contributed by atoms with van der Waals surface area (Å²) in [6, 6.07) is 20.7. The molecule has 1 nitrogen and oxygen atoms in total. The second-order valence-electron chi connectivity index (χ2n) is 6.49. The highest BCUT2D eigenvalue weighted by atomic mass is 14.9. The summed E-state index contributed by atoms with van der Waals surface area (Å²) in [5, 5.41) is 3.78. The molecule has 21 heavy (non-hydrogen) atoms. The van der Waals surface area contributed by atoms with Crippen LogP contribution in [-0.4, -0.2) is 6.04 Å². The van der Waals surface area contributed by atoms with Crippen molar-refractivity contribution >= 4 is 0 Å². The zero-order valence-electron chi connectivity index (χ0n) is 13.0.